The summed E-state index contributed by atoms with van der Waals surface area (Å²) in [5.41, 5.74) is 1.12. The minimum atomic E-state index is -1.54. The van der Waals surface area contributed by atoms with Gasteiger partial charge in [0.05, 0.1) is 10.6 Å². The molecule has 1 rings (SSSR count). The Morgan fingerprint density at radius 2 is 2.17 bits per heavy atom. The zero-order chi connectivity index (χ0) is 13.7. The predicted molar refractivity (Wildman–Crippen MR) is 64.5 cm³/mol. The van der Waals surface area contributed by atoms with Crippen LogP contribution in [0.5, 0.6) is 0 Å². The molecule has 0 aliphatic rings. The highest BCUT2D eigenvalue weighted by Crippen LogP contribution is 2.18. The zero-order valence-corrected chi connectivity index (χ0v) is 10.2. The van der Waals surface area contributed by atoms with Crippen LogP contribution in [0.15, 0.2) is 23.3 Å². The van der Waals surface area contributed by atoms with E-state index in [1.165, 1.54) is 12.1 Å². The van der Waals surface area contributed by atoms with Crippen molar-refractivity contribution >= 4 is 29.1 Å². The van der Waals surface area contributed by atoms with Crippen LogP contribution >= 0.6 is 11.6 Å². The first-order valence-electron chi connectivity index (χ1n) is 5.01. The van der Waals surface area contributed by atoms with Crippen molar-refractivity contribution < 1.29 is 19.1 Å². The molecular formula is C11H10ClFN2O3. The minimum absolute atomic E-state index is 0.256. The van der Waals surface area contributed by atoms with Gasteiger partial charge in [-0.05, 0) is 19.1 Å². The molecule has 96 valence electrons. The predicted octanol–water partition coefficient (Wildman–Crippen LogP) is 1.71. The van der Waals surface area contributed by atoms with E-state index in [0.717, 1.165) is 6.07 Å². The summed E-state index contributed by atoms with van der Waals surface area (Å²) >= 11 is 5.52. The molecule has 0 heterocycles. The molecule has 18 heavy (non-hydrogen) atoms. The number of halogens is 2. The Bertz CT molecular complexity index is 517. The molecule has 0 spiro atoms. The summed E-state index contributed by atoms with van der Waals surface area (Å²) in [6.07, 6.45) is 0. The van der Waals surface area contributed by atoms with E-state index in [-0.39, 0.29) is 5.02 Å². The van der Waals surface area contributed by atoms with E-state index in [1.807, 2.05) is 0 Å². The Morgan fingerprint density at radius 1 is 1.50 bits per heavy atom. The minimum Gasteiger partial charge on any atom is -0.476 e. The van der Waals surface area contributed by atoms with Crippen molar-refractivity contribution in [2.75, 3.05) is 6.54 Å². The monoisotopic (exact) mass is 272 g/mol. The number of nitrogens with one attached hydrogen (secondary N) is 1. The molecule has 0 unspecified atom stereocenters. The molecule has 0 radical (unpaired) electrons. The molecule has 0 amide bonds. The first-order chi connectivity index (χ1) is 8.49. The van der Waals surface area contributed by atoms with Gasteiger partial charge in [-0.2, -0.15) is 5.10 Å². The average molecular weight is 273 g/mol. The quantitative estimate of drug-likeness (QED) is 0.370. The van der Waals surface area contributed by atoms with Gasteiger partial charge in [-0.1, -0.05) is 17.7 Å². The van der Waals surface area contributed by atoms with Crippen molar-refractivity contribution in [3.05, 3.63) is 34.6 Å². The summed E-state index contributed by atoms with van der Waals surface area (Å²) in [4.78, 5) is 22.7. The lowest BCUT2D eigenvalue weighted by atomic mass is 10.1. The number of rotatable bonds is 5. The molecule has 0 aliphatic heterocycles. The van der Waals surface area contributed by atoms with Crippen LogP contribution in [0, 0.1) is 5.82 Å². The smallest absolute Gasteiger partial charge is 0.360 e. The maximum absolute atomic E-state index is 13.6. The molecule has 7 heteroatoms. The number of ketones is 1. The molecule has 0 saturated carbocycles. The molecule has 5 nitrogen and oxygen atoms in total. The molecule has 0 saturated heterocycles. The van der Waals surface area contributed by atoms with Gasteiger partial charge < -0.3 is 10.5 Å². The summed E-state index contributed by atoms with van der Waals surface area (Å²) in [5, 5.41) is 12.0. The number of carbonyl (C=O) groups excluding carboxylic acids is 1. The van der Waals surface area contributed by atoms with E-state index in [4.69, 9.17) is 16.7 Å². The van der Waals surface area contributed by atoms with E-state index in [1.54, 1.807) is 6.92 Å². The van der Waals surface area contributed by atoms with Gasteiger partial charge in [-0.25, -0.2) is 9.18 Å². The van der Waals surface area contributed by atoms with Crippen molar-refractivity contribution in [1.29, 1.82) is 0 Å². The highest BCUT2D eigenvalue weighted by molar-refractivity contribution is 6.67. The topological polar surface area (TPSA) is 78.8 Å². The van der Waals surface area contributed by atoms with Crippen molar-refractivity contribution in [1.82, 2.24) is 5.43 Å². The van der Waals surface area contributed by atoms with Crippen molar-refractivity contribution in [3.8, 4) is 0 Å². The maximum Gasteiger partial charge on any atom is 0.360 e. The number of carboxylic acids is 1. The number of carbonyl (C=O) groups is 2. The number of hydrogen-bond donors (Lipinski definition) is 2. The Kier molecular flexibility index (Phi) is 4.79. The molecule has 2 N–H and O–H groups in total. The van der Waals surface area contributed by atoms with Gasteiger partial charge in [0.2, 0.25) is 11.5 Å². The van der Waals surface area contributed by atoms with Crippen LogP contribution in [-0.4, -0.2) is 29.1 Å². The van der Waals surface area contributed by atoms with Crippen LogP contribution in [0.1, 0.15) is 17.3 Å². The van der Waals surface area contributed by atoms with Gasteiger partial charge in [0.15, 0.2) is 5.82 Å². The summed E-state index contributed by atoms with van der Waals surface area (Å²) < 4.78 is 13.6. The lowest BCUT2D eigenvalue weighted by Crippen LogP contribution is -2.27. The van der Waals surface area contributed by atoms with Gasteiger partial charge >= 0.3 is 5.97 Å². The molecule has 0 atom stereocenters. The Morgan fingerprint density at radius 3 is 2.72 bits per heavy atom. The van der Waals surface area contributed by atoms with Crippen LogP contribution in [0.2, 0.25) is 5.02 Å². The van der Waals surface area contributed by atoms with Crippen LogP contribution in [0.4, 0.5) is 4.39 Å². The SMILES string of the molecule is CCNN=C(C(=O)O)C(=O)c1cccc(Cl)c1F. The van der Waals surface area contributed by atoms with Crippen LogP contribution in [0.25, 0.3) is 0 Å². The normalized spacial score (nSPS) is 11.2. The second-order valence-electron chi connectivity index (χ2n) is 3.21. The zero-order valence-electron chi connectivity index (χ0n) is 9.41. The van der Waals surface area contributed by atoms with Crippen LogP contribution < -0.4 is 5.43 Å². The third-order valence-electron chi connectivity index (χ3n) is 1.96. The third kappa shape index (κ3) is 3.04. The van der Waals surface area contributed by atoms with Crippen molar-refractivity contribution in [2.45, 2.75) is 6.92 Å². The highest BCUT2D eigenvalue weighted by Gasteiger charge is 2.25. The molecule has 0 aromatic heterocycles. The van der Waals surface area contributed by atoms with Gasteiger partial charge in [0.1, 0.15) is 0 Å². The first-order valence-corrected chi connectivity index (χ1v) is 5.39. The van der Waals surface area contributed by atoms with Gasteiger partial charge in [-0.15, -0.1) is 0 Å². The van der Waals surface area contributed by atoms with Crippen LogP contribution in [-0.2, 0) is 4.79 Å². The lowest BCUT2D eigenvalue weighted by molar-refractivity contribution is -0.129. The summed E-state index contributed by atoms with van der Waals surface area (Å²) in [5.74, 6) is -3.54. The largest absolute Gasteiger partial charge is 0.476 e. The summed E-state index contributed by atoms with van der Waals surface area (Å²) in [7, 11) is 0. The Hall–Kier alpha value is -1.95. The van der Waals surface area contributed by atoms with Crippen molar-refractivity contribution in [2.24, 2.45) is 5.10 Å². The third-order valence-corrected chi connectivity index (χ3v) is 2.25. The number of carboxylic acid groups (broad SMARTS) is 1. The summed E-state index contributed by atoms with van der Waals surface area (Å²) in [6, 6.07) is 3.76. The standard InChI is InChI=1S/C11H10ClFN2O3/c1-2-14-15-9(11(17)18)10(16)6-4-3-5-7(12)8(6)13/h3-5,14H,2H2,1H3,(H,17,18). The fraction of sp³-hybridized carbons (Fsp3) is 0.182. The van der Waals surface area contributed by atoms with E-state index in [0.29, 0.717) is 6.54 Å². The molecule has 0 aliphatic carbocycles. The van der Waals surface area contributed by atoms with Gasteiger partial charge in [0.25, 0.3) is 0 Å². The number of benzene rings is 1. The Labute approximate surface area is 107 Å². The second kappa shape index (κ2) is 6.11. The number of aliphatic carboxylic acids is 1. The second-order valence-corrected chi connectivity index (χ2v) is 3.61. The fourth-order valence-electron chi connectivity index (χ4n) is 1.16. The van der Waals surface area contributed by atoms with E-state index >= 15 is 0 Å². The van der Waals surface area contributed by atoms with E-state index in [2.05, 4.69) is 10.5 Å². The lowest BCUT2D eigenvalue weighted by Gasteiger charge is -2.04. The van der Waals surface area contributed by atoms with Crippen molar-refractivity contribution in [3.63, 3.8) is 0 Å². The van der Waals surface area contributed by atoms with Gasteiger partial charge in [-0.3, -0.25) is 4.79 Å². The number of hydrogen-bond acceptors (Lipinski definition) is 4. The molecule has 1 aromatic carbocycles. The summed E-state index contributed by atoms with van der Waals surface area (Å²) in [6.45, 7) is 2.01. The number of hydrazone groups is 1. The Balaban J connectivity index is 3.18. The van der Waals surface area contributed by atoms with Gasteiger partial charge in [0, 0.05) is 6.54 Å². The first kappa shape index (κ1) is 14.1. The molecule has 1 aromatic rings. The number of nitrogens with zero attached hydrogens (tertiary/aromatic N) is 1. The highest BCUT2D eigenvalue weighted by atomic mass is 35.5. The molecular weight excluding hydrogens is 263 g/mol. The number of Topliss-reactive ketones (excluding diaryl/α,β-unsaturated/α-hetero) is 1. The molecule has 0 fully saturated rings. The van der Waals surface area contributed by atoms with E-state index in [9.17, 15) is 14.0 Å². The maximum atomic E-state index is 13.6. The average Bonchev–Trinajstić information content (AvgIpc) is 2.32. The van der Waals surface area contributed by atoms with Crippen LogP contribution in [0.3, 0.4) is 0 Å². The molecule has 0 bridgehead atoms. The van der Waals surface area contributed by atoms with E-state index < -0.39 is 28.8 Å². The fourth-order valence-corrected chi connectivity index (χ4v) is 1.34.